The Hall–Kier alpha value is -1.20. The molecule has 0 radical (unpaired) electrons. The molecule has 8 heteroatoms. The van der Waals surface area contributed by atoms with Crippen molar-refractivity contribution in [2.24, 2.45) is 0 Å². The number of nitrogens with one attached hydrogen (secondary N) is 2. The summed E-state index contributed by atoms with van der Waals surface area (Å²) in [6.07, 6.45) is 0.507. The molecule has 0 saturated carbocycles. The molecule has 1 atom stereocenters. The maximum absolute atomic E-state index is 12.2. The number of rotatable bonds is 4. The van der Waals surface area contributed by atoms with Crippen molar-refractivity contribution in [3.8, 4) is 0 Å². The van der Waals surface area contributed by atoms with Gasteiger partial charge < -0.3 is 10.6 Å². The number of hydrogen-bond acceptors (Lipinski definition) is 3. The fourth-order valence-electron chi connectivity index (χ4n) is 1.64. The van der Waals surface area contributed by atoms with E-state index in [1.807, 2.05) is 0 Å². The molecule has 2 aromatic rings. The second-order valence-electron chi connectivity index (χ2n) is 4.29. The van der Waals surface area contributed by atoms with E-state index >= 15 is 0 Å². The summed E-state index contributed by atoms with van der Waals surface area (Å²) in [5.41, 5.74) is 0.740. The van der Waals surface area contributed by atoms with Crippen molar-refractivity contribution >= 4 is 58.0 Å². The minimum atomic E-state index is -1.79. The van der Waals surface area contributed by atoms with Gasteiger partial charge in [0.25, 0.3) is 5.91 Å². The van der Waals surface area contributed by atoms with Gasteiger partial charge in [0.2, 0.25) is 3.79 Å². The number of carbonyl (C=O) groups excluding carboxylic acids is 1. The van der Waals surface area contributed by atoms with E-state index in [1.165, 1.54) is 6.20 Å². The molecule has 116 valence electrons. The zero-order chi connectivity index (χ0) is 16.2. The van der Waals surface area contributed by atoms with Crippen LogP contribution in [0.3, 0.4) is 0 Å². The number of para-hydroxylation sites is 1. The molecular weight excluding hydrogens is 368 g/mol. The molecule has 2 N–H and O–H groups in total. The zero-order valence-electron chi connectivity index (χ0n) is 11.1. The highest BCUT2D eigenvalue weighted by Gasteiger charge is 2.34. The van der Waals surface area contributed by atoms with E-state index in [0.29, 0.717) is 10.7 Å². The van der Waals surface area contributed by atoms with E-state index < -0.39 is 15.9 Å². The maximum atomic E-state index is 12.2. The third-order valence-electron chi connectivity index (χ3n) is 2.67. The molecule has 1 heterocycles. The largest absolute Gasteiger partial charge is 0.361 e. The first-order valence-corrected chi connectivity index (χ1v) is 7.69. The lowest BCUT2D eigenvalue weighted by molar-refractivity contribution is 0.0937. The fourth-order valence-corrected chi connectivity index (χ4v) is 2.15. The second-order valence-corrected chi connectivity index (χ2v) is 7.06. The number of alkyl halides is 3. The fraction of sp³-hybridized carbons (Fsp3) is 0.143. The predicted octanol–water partition coefficient (Wildman–Crippen LogP) is 4.27. The van der Waals surface area contributed by atoms with Crippen LogP contribution in [-0.2, 0) is 0 Å². The number of pyridine rings is 1. The van der Waals surface area contributed by atoms with E-state index in [9.17, 15) is 4.79 Å². The molecule has 4 nitrogen and oxygen atoms in total. The van der Waals surface area contributed by atoms with Crippen LogP contribution < -0.4 is 10.6 Å². The molecule has 0 unspecified atom stereocenters. The number of halogens is 4. The van der Waals surface area contributed by atoms with E-state index in [2.05, 4.69) is 15.6 Å². The highest BCUT2D eigenvalue weighted by atomic mass is 35.6. The molecule has 1 amide bonds. The topological polar surface area (TPSA) is 54.0 Å². The number of anilines is 1. The zero-order valence-corrected chi connectivity index (χ0v) is 14.1. The van der Waals surface area contributed by atoms with Crippen LogP contribution in [0.5, 0.6) is 0 Å². The van der Waals surface area contributed by atoms with Crippen molar-refractivity contribution < 1.29 is 4.79 Å². The second kappa shape index (κ2) is 7.38. The van der Waals surface area contributed by atoms with Gasteiger partial charge in [-0.15, -0.1) is 0 Å². The summed E-state index contributed by atoms with van der Waals surface area (Å²) in [6.45, 7) is 0. The van der Waals surface area contributed by atoms with E-state index in [1.54, 1.807) is 42.5 Å². The molecule has 1 aromatic carbocycles. The molecule has 1 aromatic heterocycles. The van der Waals surface area contributed by atoms with Crippen LogP contribution in [0.15, 0.2) is 48.7 Å². The smallest absolute Gasteiger partial charge is 0.271 e. The van der Waals surface area contributed by atoms with Crippen molar-refractivity contribution in [2.45, 2.75) is 9.96 Å². The minimum Gasteiger partial charge on any atom is -0.361 e. The van der Waals surface area contributed by atoms with E-state index in [4.69, 9.17) is 46.4 Å². The van der Waals surface area contributed by atoms with Crippen LogP contribution in [0.25, 0.3) is 0 Å². The van der Waals surface area contributed by atoms with Gasteiger partial charge in [-0.25, -0.2) is 0 Å². The Labute approximate surface area is 147 Å². The molecule has 22 heavy (non-hydrogen) atoms. The van der Waals surface area contributed by atoms with Gasteiger partial charge in [-0.2, -0.15) is 0 Å². The summed E-state index contributed by atoms with van der Waals surface area (Å²) in [5, 5.41) is 5.92. The van der Waals surface area contributed by atoms with Gasteiger partial charge in [0.15, 0.2) is 0 Å². The summed E-state index contributed by atoms with van der Waals surface area (Å²) >= 11 is 23.8. The minimum absolute atomic E-state index is 0.211. The summed E-state index contributed by atoms with van der Waals surface area (Å²) in [5.74, 6) is -0.475. The SMILES string of the molecule is O=C(N[C@@H](Nc1ccccc1Cl)C(Cl)(Cl)Cl)c1ccccn1. The van der Waals surface area contributed by atoms with Gasteiger partial charge in [-0.05, 0) is 24.3 Å². The number of hydrogen-bond donors (Lipinski definition) is 2. The first-order chi connectivity index (χ1) is 10.4. The first-order valence-electron chi connectivity index (χ1n) is 6.17. The monoisotopic (exact) mass is 377 g/mol. The Kier molecular flexibility index (Phi) is 5.75. The third-order valence-corrected chi connectivity index (χ3v) is 3.66. The Morgan fingerprint density at radius 1 is 1.09 bits per heavy atom. The summed E-state index contributed by atoms with van der Waals surface area (Å²) in [4.78, 5) is 16.1. The van der Waals surface area contributed by atoms with Crippen LogP contribution in [0.4, 0.5) is 5.69 Å². The van der Waals surface area contributed by atoms with Crippen molar-refractivity contribution in [3.63, 3.8) is 0 Å². The summed E-state index contributed by atoms with van der Waals surface area (Å²) < 4.78 is -1.79. The van der Waals surface area contributed by atoms with Gasteiger partial charge in [0, 0.05) is 6.20 Å². The number of amides is 1. The first kappa shape index (κ1) is 17.2. The average Bonchev–Trinajstić information content (AvgIpc) is 2.48. The number of benzene rings is 1. The third kappa shape index (κ3) is 4.65. The van der Waals surface area contributed by atoms with Crippen LogP contribution in [-0.4, -0.2) is 20.8 Å². The highest BCUT2D eigenvalue weighted by Crippen LogP contribution is 2.32. The number of carbonyl (C=O) groups is 1. The van der Waals surface area contributed by atoms with Crippen LogP contribution >= 0.6 is 46.4 Å². The molecule has 0 spiro atoms. The van der Waals surface area contributed by atoms with Gasteiger partial charge in [0.1, 0.15) is 11.9 Å². The standard InChI is InChI=1S/C14H11Cl4N3O/c15-9-5-1-2-6-10(9)20-13(14(16,17)18)21-12(22)11-7-3-4-8-19-11/h1-8,13,20H,(H,21,22)/t13-/m1/s1. The molecule has 0 aliphatic heterocycles. The predicted molar refractivity (Wildman–Crippen MR) is 90.9 cm³/mol. The molecule has 0 bridgehead atoms. The molecule has 0 fully saturated rings. The molecule has 0 aliphatic carbocycles. The lowest BCUT2D eigenvalue weighted by Gasteiger charge is -2.27. The van der Waals surface area contributed by atoms with Gasteiger partial charge in [-0.1, -0.05) is 64.6 Å². The average molecular weight is 379 g/mol. The molecule has 0 aliphatic rings. The normalized spacial score (nSPS) is 12.5. The van der Waals surface area contributed by atoms with E-state index in [-0.39, 0.29) is 5.69 Å². The number of aromatic nitrogens is 1. The highest BCUT2D eigenvalue weighted by molar-refractivity contribution is 6.68. The van der Waals surface area contributed by atoms with Crippen molar-refractivity contribution in [3.05, 3.63) is 59.4 Å². The van der Waals surface area contributed by atoms with Crippen LogP contribution in [0, 0.1) is 0 Å². The lowest BCUT2D eigenvalue weighted by Crippen LogP contribution is -2.49. The van der Waals surface area contributed by atoms with Crippen LogP contribution in [0.1, 0.15) is 10.5 Å². The van der Waals surface area contributed by atoms with Gasteiger partial charge in [-0.3, -0.25) is 9.78 Å². The lowest BCUT2D eigenvalue weighted by atomic mass is 10.3. The maximum Gasteiger partial charge on any atom is 0.271 e. The Balaban J connectivity index is 2.18. The summed E-state index contributed by atoms with van der Waals surface area (Å²) in [7, 11) is 0. The quantitative estimate of drug-likeness (QED) is 0.616. The Morgan fingerprint density at radius 3 is 2.36 bits per heavy atom. The number of nitrogens with zero attached hydrogens (tertiary/aromatic N) is 1. The molecular formula is C14H11Cl4N3O. The molecule has 2 rings (SSSR count). The Bertz CT molecular complexity index is 646. The van der Waals surface area contributed by atoms with Gasteiger partial charge >= 0.3 is 0 Å². The van der Waals surface area contributed by atoms with Crippen molar-refractivity contribution in [2.75, 3.05) is 5.32 Å². The molecule has 0 saturated heterocycles. The van der Waals surface area contributed by atoms with E-state index in [0.717, 1.165) is 0 Å². The van der Waals surface area contributed by atoms with Crippen molar-refractivity contribution in [1.29, 1.82) is 0 Å². The van der Waals surface area contributed by atoms with Gasteiger partial charge in [0.05, 0.1) is 10.7 Å². The summed E-state index contributed by atoms with van der Waals surface area (Å²) in [6, 6.07) is 11.9. The van der Waals surface area contributed by atoms with Crippen LogP contribution in [0.2, 0.25) is 5.02 Å². The Morgan fingerprint density at radius 2 is 1.77 bits per heavy atom. The van der Waals surface area contributed by atoms with Crippen molar-refractivity contribution in [1.82, 2.24) is 10.3 Å².